The number of morpholine rings is 1. The van der Waals surface area contributed by atoms with Gasteiger partial charge in [0.05, 0.1) is 19.6 Å². The first-order chi connectivity index (χ1) is 12.2. The number of nitrogens with zero attached hydrogens (tertiary/aromatic N) is 2. The van der Waals surface area contributed by atoms with Crippen LogP contribution in [-0.2, 0) is 22.4 Å². The van der Waals surface area contributed by atoms with E-state index in [4.69, 9.17) is 4.74 Å². The van der Waals surface area contributed by atoms with Crippen molar-refractivity contribution in [2.45, 2.75) is 12.8 Å². The van der Waals surface area contributed by atoms with E-state index in [1.54, 1.807) is 12.1 Å². The van der Waals surface area contributed by atoms with Gasteiger partial charge in [-0.25, -0.2) is 4.39 Å². The van der Waals surface area contributed by atoms with E-state index in [1.807, 2.05) is 4.90 Å². The molecule has 0 aliphatic carbocycles. The van der Waals surface area contributed by atoms with Crippen LogP contribution in [0.2, 0.25) is 0 Å². The lowest BCUT2D eigenvalue weighted by Crippen LogP contribution is -2.36. The minimum Gasteiger partial charge on any atom is -0.378 e. The van der Waals surface area contributed by atoms with E-state index in [1.165, 1.54) is 23.4 Å². The van der Waals surface area contributed by atoms with Gasteiger partial charge in [0, 0.05) is 31.0 Å². The summed E-state index contributed by atoms with van der Waals surface area (Å²) in [5.41, 5.74) is 4.26. The maximum absolute atomic E-state index is 13.0. The number of halogens is 1. The molecule has 1 amide bonds. The lowest BCUT2D eigenvalue weighted by Gasteiger charge is -2.29. The molecule has 2 aromatic carbocycles. The smallest absolute Gasteiger partial charge is 0.231 e. The van der Waals surface area contributed by atoms with Crippen molar-refractivity contribution in [2.24, 2.45) is 0 Å². The van der Waals surface area contributed by atoms with Crippen molar-refractivity contribution in [1.29, 1.82) is 0 Å². The van der Waals surface area contributed by atoms with Gasteiger partial charge in [-0.05, 0) is 47.9 Å². The Labute approximate surface area is 146 Å². The normalized spacial score (nSPS) is 16.8. The van der Waals surface area contributed by atoms with Gasteiger partial charge in [0.1, 0.15) is 5.82 Å². The molecule has 0 N–H and O–H groups in total. The molecule has 25 heavy (non-hydrogen) atoms. The number of carbonyl (C=O) groups excluding carboxylic acids is 1. The number of hydrogen-bond acceptors (Lipinski definition) is 3. The van der Waals surface area contributed by atoms with Crippen LogP contribution in [0.3, 0.4) is 0 Å². The fraction of sp³-hybridized carbons (Fsp3) is 0.350. The largest absolute Gasteiger partial charge is 0.378 e. The molecule has 0 spiro atoms. The summed E-state index contributed by atoms with van der Waals surface area (Å²) in [6.45, 7) is 4.05. The quantitative estimate of drug-likeness (QED) is 0.861. The second-order valence-electron chi connectivity index (χ2n) is 6.51. The summed E-state index contributed by atoms with van der Waals surface area (Å²) < 4.78 is 18.4. The number of hydrogen-bond donors (Lipinski definition) is 0. The number of ether oxygens (including phenoxy) is 1. The van der Waals surface area contributed by atoms with Gasteiger partial charge in [0.2, 0.25) is 5.91 Å². The van der Waals surface area contributed by atoms with Crippen molar-refractivity contribution in [3.8, 4) is 0 Å². The van der Waals surface area contributed by atoms with Crippen molar-refractivity contribution in [3.63, 3.8) is 0 Å². The maximum atomic E-state index is 13.0. The summed E-state index contributed by atoms with van der Waals surface area (Å²) in [6.07, 6.45) is 1.17. The first-order valence-electron chi connectivity index (χ1n) is 8.71. The summed E-state index contributed by atoms with van der Waals surface area (Å²) in [6, 6.07) is 12.5. The van der Waals surface area contributed by atoms with Crippen molar-refractivity contribution in [3.05, 3.63) is 59.4 Å². The highest BCUT2D eigenvalue weighted by atomic mass is 19.1. The third-order valence-corrected chi connectivity index (χ3v) is 4.90. The van der Waals surface area contributed by atoms with Crippen molar-refractivity contribution >= 4 is 17.3 Å². The van der Waals surface area contributed by atoms with E-state index >= 15 is 0 Å². The third-order valence-electron chi connectivity index (χ3n) is 4.90. The van der Waals surface area contributed by atoms with Gasteiger partial charge in [0.15, 0.2) is 0 Å². The fourth-order valence-electron chi connectivity index (χ4n) is 3.54. The van der Waals surface area contributed by atoms with Crippen LogP contribution >= 0.6 is 0 Å². The predicted molar refractivity (Wildman–Crippen MR) is 95.6 cm³/mol. The second-order valence-corrected chi connectivity index (χ2v) is 6.51. The zero-order chi connectivity index (χ0) is 17.2. The second kappa shape index (κ2) is 6.84. The van der Waals surface area contributed by atoms with Crippen molar-refractivity contribution in [1.82, 2.24) is 0 Å². The molecule has 0 atom stereocenters. The molecule has 4 rings (SSSR count). The highest BCUT2D eigenvalue weighted by Crippen LogP contribution is 2.32. The molecule has 130 valence electrons. The molecule has 0 radical (unpaired) electrons. The number of rotatable bonds is 3. The summed E-state index contributed by atoms with van der Waals surface area (Å²) in [7, 11) is 0. The van der Waals surface area contributed by atoms with Crippen LogP contribution in [-0.4, -0.2) is 38.8 Å². The zero-order valence-electron chi connectivity index (χ0n) is 14.1. The molecular formula is C20H21FN2O2. The number of anilines is 2. The van der Waals surface area contributed by atoms with Gasteiger partial charge >= 0.3 is 0 Å². The number of benzene rings is 2. The SMILES string of the molecule is O=C(Cc1ccc(F)cc1)N1CCc2cc(N3CCOCC3)ccc21. The molecule has 2 aliphatic heterocycles. The molecule has 4 nitrogen and oxygen atoms in total. The van der Waals surface area contributed by atoms with Gasteiger partial charge < -0.3 is 14.5 Å². The Morgan fingerprint density at radius 3 is 2.56 bits per heavy atom. The molecule has 0 unspecified atom stereocenters. The predicted octanol–water partition coefficient (Wildman–Crippen LogP) is 2.79. The number of carbonyl (C=O) groups is 1. The van der Waals surface area contributed by atoms with E-state index in [0.717, 1.165) is 44.0 Å². The van der Waals surface area contributed by atoms with Crippen LogP contribution in [0.25, 0.3) is 0 Å². The fourth-order valence-corrected chi connectivity index (χ4v) is 3.54. The summed E-state index contributed by atoms with van der Waals surface area (Å²) in [5.74, 6) is -0.220. The van der Waals surface area contributed by atoms with Crippen molar-refractivity contribution < 1.29 is 13.9 Å². The Hall–Kier alpha value is -2.40. The Bertz CT molecular complexity index is 770. The van der Waals surface area contributed by atoms with Crippen LogP contribution < -0.4 is 9.80 Å². The molecule has 0 aromatic heterocycles. The molecule has 2 aromatic rings. The highest BCUT2D eigenvalue weighted by molar-refractivity contribution is 5.97. The molecule has 0 bridgehead atoms. The van der Waals surface area contributed by atoms with Crippen LogP contribution in [0.4, 0.5) is 15.8 Å². The Morgan fingerprint density at radius 2 is 1.80 bits per heavy atom. The van der Waals surface area contributed by atoms with Gasteiger partial charge in [0.25, 0.3) is 0 Å². The number of fused-ring (bicyclic) bond motifs is 1. The highest BCUT2D eigenvalue weighted by Gasteiger charge is 2.25. The first-order valence-corrected chi connectivity index (χ1v) is 8.71. The lowest BCUT2D eigenvalue weighted by molar-refractivity contribution is -0.117. The molecule has 2 aliphatic rings. The lowest BCUT2D eigenvalue weighted by atomic mass is 10.1. The first kappa shape index (κ1) is 16.1. The number of amides is 1. The Kier molecular flexibility index (Phi) is 4.40. The van der Waals surface area contributed by atoms with Crippen molar-refractivity contribution in [2.75, 3.05) is 42.6 Å². The average molecular weight is 340 g/mol. The zero-order valence-corrected chi connectivity index (χ0v) is 14.1. The summed E-state index contributed by atoms with van der Waals surface area (Å²) in [5, 5.41) is 0. The third kappa shape index (κ3) is 3.37. The minimum atomic E-state index is -0.279. The van der Waals surface area contributed by atoms with E-state index in [2.05, 4.69) is 23.1 Å². The van der Waals surface area contributed by atoms with Gasteiger partial charge in [-0.2, -0.15) is 0 Å². The van der Waals surface area contributed by atoms with Crippen LogP contribution in [0.1, 0.15) is 11.1 Å². The Morgan fingerprint density at radius 1 is 1.04 bits per heavy atom. The summed E-state index contributed by atoms with van der Waals surface area (Å²) >= 11 is 0. The van der Waals surface area contributed by atoms with Crippen LogP contribution in [0, 0.1) is 5.82 Å². The monoisotopic (exact) mass is 340 g/mol. The Balaban J connectivity index is 1.49. The van der Waals surface area contributed by atoms with E-state index < -0.39 is 0 Å². The van der Waals surface area contributed by atoms with E-state index in [-0.39, 0.29) is 11.7 Å². The molecular weight excluding hydrogens is 319 g/mol. The topological polar surface area (TPSA) is 32.8 Å². The van der Waals surface area contributed by atoms with Gasteiger partial charge in [-0.1, -0.05) is 12.1 Å². The maximum Gasteiger partial charge on any atom is 0.231 e. The van der Waals surface area contributed by atoms with E-state index in [0.29, 0.717) is 13.0 Å². The van der Waals surface area contributed by atoms with Crippen LogP contribution in [0.5, 0.6) is 0 Å². The molecule has 0 saturated carbocycles. The van der Waals surface area contributed by atoms with Gasteiger partial charge in [-0.3, -0.25) is 4.79 Å². The molecule has 2 heterocycles. The summed E-state index contributed by atoms with van der Waals surface area (Å²) in [4.78, 5) is 16.8. The standard InChI is InChI=1S/C20H21FN2O2/c21-17-3-1-15(2-4-17)13-20(24)23-8-7-16-14-18(5-6-19(16)23)22-9-11-25-12-10-22/h1-6,14H,7-13H2. The molecule has 1 fully saturated rings. The molecule has 5 heteroatoms. The van der Waals surface area contributed by atoms with E-state index in [9.17, 15) is 9.18 Å². The van der Waals surface area contributed by atoms with Gasteiger partial charge in [-0.15, -0.1) is 0 Å². The van der Waals surface area contributed by atoms with Crippen LogP contribution in [0.15, 0.2) is 42.5 Å². The average Bonchev–Trinajstić information content (AvgIpc) is 3.07. The molecule has 1 saturated heterocycles. The minimum absolute atomic E-state index is 0.0597.